The lowest BCUT2D eigenvalue weighted by molar-refractivity contribution is -0.142. The average molecular weight is 524 g/mol. The number of carbonyl (C=O) groups excluding carboxylic acids is 2. The first kappa shape index (κ1) is 28.3. The molecule has 0 aromatic heterocycles. The van der Waals surface area contributed by atoms with E-state index < -0.39 is 27.5 Å². The van der Waals surface area contributed by atoms with Crippen LogP contribution in [-0.2, 0) is 26.2 Å². The number of fused-ring (bicyclic) bond motifs is 1. The molecule has 0 radical (unpaired) electrons. The standard InChI is InChI=1S/C29H37N3O4S/c1-7-26(28(34)30-29(3,4)5)32(19-22-12-10-11-21(2)17-22)27(33)20-31(6)37(35,36)25-16-15-23-13-8-9-14-24(23)18-25/h8-18,26H,7,19-20H2,1-6H3,(H,30,34)/t26-/m1/s1. The van der Waals surface area contributed by atoms with Crippen molar-refractivity contribution in [2.45, 2.75) is 64.1 Å². The Hall–Kier alpha value is -3.23. The van der Waals surface area contributed by atoms with E-state index in [-0.39, 0.29) is 23.9 Å². The molecule has 7 nitrogen and oxygen atoms in total. The minimum absolute atomic E-state index is 0.115. The summed E-state index contributed by atoms with van der Waals surface area (Å²) >= 11 is 0. The van der Waals surface area contributed by atoms with Gasteiger partial charge in [-0.3, -0.25) is 9.59 Å². The Balaban J connectivity index is 1.90. The van der Waals surface area contributed by atoms with Gasteiger partial charge in [0.15, 0.2) is 0 Å². The Bertz CT molecular complexity index is 1380. The van der Waals surface area contributed by atoms with Gasteiger partial charge in [0.1, 0.15) is 6.04 Å². The number of carbonyl (C=O) groups is 2. The van der Waals surface area contributed by atoms with Gasteiger partial charge in [-0.25, -0.2) is 8.42 Å². The second-order valence-corrected chi connectivity index (χ2v) is 12.5. The second kappa shape index (κ2) is 11.4. The molecule has 0 spiro atoms. The molecule has 3 aromatic carbocycles. The number of rotatable bonds is 9. The van der Waals surface area contributed by atoms with Gasteiger partial charge >= 0.3 is 0 Å². The molecule has 3 rings (SSSR count). The third-order valence-corrected chi connectivity index (χ3v) is 7.91. The molecule has 0 aliphatic heterocycles. The quantitative estimate of drug-likeness (QED) is 0.448. The molecule has 0 aliphatic rings. The van der Waals surface area contributed by atoms with Gasteiger partial charge in [-0.05, 0) is 62.6 Å². The maximum absolute atomic E-state index is 13.6. The lowest BCUT2D eigenvalue weighted by Gasteiger charge is -2.34. The van der Waals surface area contributed by atoms with E-state index in [2.05, 4.69) is 5.32 Å². The molecule has 37 heavy (non-hydrogen) atoms. The van der Waals surface area contributed by atoms with Crippen LogP contribution in [0, 0.1) is 6.92 Å². The van der Waals surface area contributed by atoms with Gasteiger partial charge in [-0.2, -0.15) is 4.31 Å². The zero-order valence-electron chi connectivity index (χ0n) is 22.5. The van der Waals surface area contributed by atoms with E-state index in [0.717, 1.165) is 26.2 Å². The van der Waals surface area contributed by atoms with Crippen LogP contribution in [0.3, 0.4) is 0 Å². The Labute approximate surface area is 220 Å². The number of hydrogen-bond acceptors (Lipinski definition) is 4. The number of sulfonamides is 1. The van der Waals surface area contributed by atoms with Crippen molar-refractivity contribution in [2.75, 3.05) is 13.6 Å². The summed E-state index contributed by atoms with van der Waals surface area (Å²) < 4.78 is 27.8. The van der Waals surface area contributed by atoms with Crippen LogP contribution in [0.2, 0.25) is 0 Å². The van der Waals surface area contributed by atoms with Gasteiger partial charge in [0, 0.05) is 19.1 Å². The van der Waals surface area contributed by atoms with Gasteiger partial charge in [0.25, 0.3) is 0 Å². The summed E-state index contributed by atoms with van der Waals surface area (Å²) in [5, 5.41) is 4.70. The van der Waals surface area contributed by atoms with Crippen LogP contribution < -0.4 is 5.32 Å². The Morgan fingerprint density at radius 1 is 0.946 bits per heavy atom. The van der Waals surface area contributed by atoms with Crippen LogP contribution in [0.25, 0.3) is 10.8 Å². The molecule has 0 aliphatic carbocycles. The van der Waals surface area contributed by atoms with Crippen molar-refractivity contribution >= 4 is 32.6 Å². The summed E-state index contributed by atoms with van der Waals surface area (Å²) in [6.07, 6.45) is 0.389. The van der Waals surface area contributed by atoms with E-state index in [1.807, 2.05) is 83.1 Å². The van der Waals surface area contributed by atoms with Gasteiger partial charge in [0.05, 0.1) is 11.4 Å². The fraction of sp³-hybridized carbons (Fsp3) is 0.379. The Morgan fingerprint density at radius 2 is 1.62 bits per heavy atom. The number of benzene rings is 3. The molecule has 2 amide bonds. The van der Waals surface area contributed by atoms with Crippen LogP contribution in [0.4, 0.5) is 0 Å². The highest BCUT2D eigenvalue weighted by Crippen LogP contribution is 2.22. The van der Waals surface area contributed by atoms with Crippen molar-refractivity contribution in [1.29, 1.82) is 0 Å². The van der Waals surface area contributed by atoms with Crippen molar-refractivity contribution in [3.63, 3.8) is 0 Å². The Morgan fingerprint density at radius 3 is 2.24 bits per heavy atom. The lowest BCUT2D eigenvalue weighted by atomic mass is 10.0. The van der Waals surface area contributed by atoms with E-state index in [1.165, 1.54) is 11.9 Å². The molecular weight excluding hydrogens is 486 g/mol. The average Bonchev–Trinajstić information content (AvgIpc) is 2.82. The van der Waals surface area contributed by atoms with Crippen molar-refractivity contribution in [2.24, 2.45) is 0 Å². The summed E-state index contributed by atoms with van der Waals surface area (Å²) in [5.74, 6) is -0.708. The molecule has 1 atom stereocenters. The highest BCUT2D eigenvalue weighted by Gasteiger charge is 2.33. The monoisotopic (exact) mass is 523 g/mol. The summed E-state index contributed by atoms with van der Waals surface area (Å²) in [6, 6.07) is 19.4. The van der Waals surface area contributed by atoms with Crippen molar-refractivity contribution in [1.82, 2.24) is 14.5 Å². The number of hydrogen-bond donors (Lipinski definition) is 1. The smallest absolute Gasteiger partial charge is 0.243 e. The molecule has 0 unspecified atom stereocenters. The highest BCUT2D eigenvalue weighted by atomic mass is 32.2. The summed E-state index contributed by atoms with van der Waals surface area (Å²) in [4.78, 5) is 28.4. The highest BCUT2D eigenvalue weighted by molar-refractivity contribution is 7.89. The van der Waals surface area contributed by atoms with Gasteiger partial charge in [-0.15, -0.1) is 0 Å². The molecule has 0 fully saturated rings. The van der Waals surface area contributed by atoms with E-state index in [4.69, 9.17) is 0 Å². The van der Waals surface area contributed by atoms with Crippen LogP contribution in [0.5, 0.6) is 0 Å². The van der Waals surface area contributed by atoms with Crippen LogP contribution >= 0.6 is 0 Å². The predicted molar refractivity (Wildman–Crippen MR) is 147 cm³/mol. The number of nitrogens with zero attached hydrogens (tertiary/aromatic N) is 2. The molecule has 3 aromatic rings. The molecule has 8 heteroatoms. The van der Waals surface area contributed by atoms with E-state index in [1.54, 1.807) is 18.2 Å². The van der Waals surface area contributed by atoms with E-state index in [0.29, 0.717) is 6.42 Å². The lowest BCUT2D eigenvalue weighted by Crippen LogP contribution is -2.55. The predicted octanol–water partition coefficient (Wildman–Crippen LogP) is 4.49. The number of nitrogens with one attached hydrogen (secondary N) is 1. The number of amides is 2. The molecule has 0 heterocycles. The number of aryl methyl sites for hydroxylation is 1. The molecular formula is C29H37N3O4S. The van der Waals surface area contributed by atoms with Crippen LogP contribution in [0.15, 0.2) is 71.6 Å². The minimum Gasteiger partial charge on any atom is -0.350 e. The summed E-state index contributed by atoms with van der Waals surface area (Å²) in [5.41, 5.74) is 1.43. The maximum Gasteiger partial charge on any atom is 0.243 e. The topological polar surface area (TPSA) is 86.8 Å². The second-order valence-electron chi connectivity index (χ2n) is 10.4. The maximum atomic E-state index is 13.6. The Kier molecular flexibility index (Phi) is 8.76. The van der Waals surface area contributed by atoms with Crippen LogP contribution in [0.1, 0.15) is 45.2 Å². The zero-order chi connectivity index (χ0) is 27.4. The zero-order valence-corrected chi connectivity index (χ0v) is 23.3. The molecule has 198 valence electrons. The van der Waals surface area contributed by atoms with Crippen molar-refractivity contribution < 1.29 is 18.0 Å². The number of likely N-dealkylation sites (N-methyl/N-ethyl adjacent to an activating group) is 1. The minimum atomic E-state index is -3.93. The van der Waals surface area contributed by atoms with Crippen molar-refractivity contribution in [3.05, 3.63) is 77.9 Å². The first-order valence-corrected chi connectivity index (χ1v) is 13.9. The van der Waals surface area contributed by atoms with Gasteiger partial charge in [-0.1, -0.05) is 67.1 Å². The fourth-order valence-corrected chi connectivity index (χ4v) is 5.41. The first-order chi connectivity index (χ1) is 17.3. The van der Waals surface area contributed by atoms with E-state index in [9.17, 15) is 18.0 Å². The van der Waals surface area contributed by atoms with Gasteiger partial charge < -0.3 is 10.2 Å². The van der Waals surface area contributed by atoms with Crippen molar-refractivity contribution in [3.8, 4) is 0 Å². The molecule has 0 saturated heterocycles. The third kappa shape index (κ3) is 7.17. The van der Waals surface area contributed by atoms with E-state index >= 15 is 0 Å². The normalized spacial score (nSPS) is 12.9. The summed E-state index contributed by atoms with van der Waals surface area (Å²) in [7, 11) is -2.54. The van der Waals surface area contributed by atoms with Gasteiger partial charge in [0.2, 0.25) is 21.8 Å². The first-order valence-electron chi connectivity index (χ1n) is 12.4. The molecule has 0 saturated carbocycles. The SMILES string of the molecule is CC[C@H](C(=O)NC(C)(C)C)N(Cc1cccc(C)c1)C(=O)CN(C)S(=O)(=O)c1ccc2ccccc2c1. The van der Waals surface area contributed by atoms with Crippen LogP contribution in [-0.4, -0.2) is 54.6 Å². The fourth-order valence-electron chi connectivity index (χ4n) is 4.25. The summed E-state index contributed by atoms with van der Waals surface area (Å²) in [6.45, 7) is 9.26. The molecule has 1 N–H and O–H groups in total. The largest absolute Gasteiger partial charge is 0.350 e. The molecule has 0 bridgehead atoms. The third-order valence-electron chi connectivity index (χ3n) is 6.11.